The van der Waals surface area contributed by atoms with Gasteiger partial charge in [-0.05, 0) is 37.1 Å². The van der Waals surface area contributed by atoms with Crippen LogP contribution in [-0.2, 0) is 4.79 Å². The number of carbonyl (C=O) groups excluding carboxylic acids is 1. The number of halogens is 1. The van der Waals surface area contributed by atoms with Gasteiger partial charge in [0, 0.05) is 17.1 Å². The van der Waals surface area contributed by atoms with Crippen molar-refractivity contribution in [1.82, 2.24) is 5.32 Å². The molecular formula is C16H17ClN2OS. The summed E-state index contributed by atoms with van der Waals surface area (Å²) in [4.78, 5) is 13.7. The third kappa shape index (κ3) is 3.06. The van der Waals surface area contributed by atoms with Crippen molar-refractivity contribution in [2.45, 2.75) is 25.3 Å². The summed E-state index contributed by atoms with van der Waals surface area (Å²) in [5.74, 6) is 0.00121. The summed E-state index contributed by atoms with van der Waals surface area (Å²) >= 11 is 7.46. The van der Waals surface area contributed by atoms with Gasteiger partial charge in [-0.3, -0.25) is 4.79 Å². The molecule has 2 aromatic rings. The Morgan fingerprint density at radius 3 is 2.95 bits per heavy atom. The molecule has 21 heavy (non-hydrogen) atoms. The van der Waals surface area contributed by atoms with Crippen LogP contribution in [0.25, 0.3) is 0 Å². The predicted octanol–water partition coefficient (Wildman–Crippen LogP) is 4.18. The molecule has 3 rings (SSSR count). The molecule has 0 spiro atoms. The molecule has 1 aliphatic rings. The lowest BCUT2D eigenvalue weighted by Gasteiger charge is -2.27. The molecule has 1 aromatic heterocycles. The van der Waals surface area contributed by atoms with E-state index in [2.05, 4.69) is 10.6 Å². The van der Waals surface area contributed by atoms with E-state index in [0.717, 1.165) is 33.4 Å². The average Bonchev–Trinajstić information content (AvgIpc) is 2.93. The number of rotatable bonds is 3. The Kier molecular flexibility index (Phi) is 4.17. The Bertz CT molecular complexity index is 655. The van der Waals surface area contributed by atoms with Gasteiger partial charge in [-0.2, -0.15) is 0 Å². The molecule has 1 amide bonds. The minimum Gasteiger partial charge on any atom is -0.385 e. The van der Waals surface area contributed by atoms with Crippen LogP contribution in [0.15, 0.2) is 36.4 Å². The lowest BCUT2D eigenvalue weighted by Crippen LogP contribution is -2.34. The van der Waals surface area contributed by atoms with Gasteiger partial charge in [-0.1, -0.05) is 29.8 Å². The number of amides is 1. The van der Waals surface area contributed by atoms with Crippen molar-refractivity contribution in [3.63, 3.8) is 0 Å². The number of para-hydroxylation sites is 1. The van der Waals surface area contributed by atoms with Crippen LogP contribution in [0, 0.1) is 0 Å². The molecule has 2 atom stereocenters. The number of thiophene rings is 1. The van der Waals surface area contributed by atoms with Gasteiger partial charge in [0.25, 0.3) is 0 Å². The highest BCUT2D eigenvalue weighted by Crippen LogP contribution is 2.32. The summed E-state index contributed by atoms with van der Waals surface area (Å²) in [6.45, 7) is 2.82. The van der Waals surface area contributed by atoms with Crippen molar-refractivity contribution in [2.24, 2.45) is 0 Å². The lowest BCUT2D eigenvalue weighted by molar-refractivity contribution is -0.123. The minimum absolute atomic E-state index is 0.0166. The van der Waals surface area contributed by atoms with E-state index in [1.165, 1.54) is 11.3 Å². The van der Waals surface area contributed by atoms with E-state index in [1.54, 1.807) is 0 Å². The molecule has 2 N–H and O–H groups in total. The number of hydrogen-bond donors (Lipinski definition) is 2. The summed E-state index contributed by atoms with van der Waals surface area (Å²) in [7, 11) is 0. The second-order valence-electron chi connectivity index (χ2n) is 5.23. The number of carbonyl (C=O) groups is 1. The Morgan fingerprint density at radius 2 is 2.19 bits per heavy atom. The Balaban J connectivity index is 1.74. The first kappa shape index (κ1) is 14.4. The van der Waals surface area contributed by atoms with Crippen LogP contribution in [0.5, 0.6) is 0 Å². The van der Waals surface area contributed by atoms with Crippen molar-refractivity contribution in [3.8, 4) is 0 Å². The first-order chi connectivity index (χ1) is 10.1. The number of anilines is 1. The molecule has 110 valence electrons. The normalized spacial score (nSPS) is 18.5. The van der Waals surface area contributed by atoms with Gasteiger partial charge in [0.2, 0.25) is 5.91 Å². The smallest absolute Gasteiger partial charge is 0.228 e. The maximum Gasteiger partial charge on any atom is 0.228 e. The standard InChI is InChI=1S/C16H17ClN2OS/c1-10(14-6-7-15(17)21-14)19-16(20)12-8-9-18-13-5-3-2-4-11(12)13/h2-7,10,12,18H,8-9H2,1H3,(H,19,20). The van der Waals surface area contributed by atoms with E-state index in [-0.39, 0.29) is 17.9 Å². The van der Waals surface area contributed by atoms with E-state index in [1.807, 2.05) is 43.3 Å². The molecule has 0 fully saturated rings. The average molecular weight is 321 g/mol. The van der Waals surface area contributed by atoms with Gasteiger partial charge in [0.05, 0.1) is 16.3 Å². The van der Waals surface area contributed by atoms with Gasteiger partial charge in [-0.15, -0.1) is 11.3 Å². The summed E-state index contributed by atoms with van der Waals surface area (Å²) in [5, 5.41) is 6.45. The SMILES string of the molecule is CC(NC(=O)C1CCNc2ccccc21)c1ccc(Cl)s1. The number of benzene rings is 1. The Hall–Kier alpha value is -1.52. The minimum atomic E-state index is -0.0830. The van der Waals surface area contributed by atoms with Gasteiger partial charge in [0.15, 0.2) is 0 Å². The summed E-state index contributed by atoms with van der Waals surface area (Å²) in [6.07, 6.45) is 0.820. The highest BCUT2D eigenvalue weighted by atomic mass is 35.5. The summed E-state index contributed by atoms with van der Waals surface area (Å²) in [6, 6.07) is 11.8. The molecule has 1 aliphatic heterocycles. The van der Waals surface area contributed by atoms with Crippen LogP contribution in [0.4, 0.5) is 5.69 Å². The van der Waals surface area contributed by atoms with Gasteiger partial charge >= 0.3 is 0 Å². The monoisotopic (exact) mass is 320 g/mol. The van der Waals surface area contributed by atoms with Crippen molar-refractivity contribution in [2.75, 3.05) is 11.9 Å². The van der Waals surface area contributed by atoms with Gasteiger partial charge in [-0.25, -0.2) is 0 Å². The van der Waals surface area contributed by atoms with Gasteiger partial charge in [0.1, 0.15) is 0 Å². The van der Waals surface area contributed by atoms with Crippen LogP contribution in [0.2, 0.25) is 4.34 Å². The molecule has 2 heterocycles. The van der Waals surface area contributed by atoms with Crippen LogP contribution >= 0.6 is 22.9 Å². The van der Waals surface area contributed by atoms with Crippen LogP contribution < -0.4 is 10.6 Å². The van der Waals surface area contributed by atoms with Crippen LogP contribution in [0.3, 0.4) is 0 Å². The molecule has 0 saturated carbocycles. The van der Waals surface area contributed by atoms with Crippen molar-refractivity contribution >= 4 is 34.5 Å². The third-order valence-corrected chi connectivity index (χ3v) is 5.19. The molecule has 0 radical (unpaired) electrons. The van der Waals surface area contributed by atoms with E-state index in [4.69, 9.17) is 11.6 Å². The maximum atomic E-state index is 12.6. The van der Waals surface area contributed by atoms with E-state index >= 15 is 0 Å². The molecule has 5 heteroatoms. The molecule has 1 aromatic carbocycles. The Morgan fingerprint density at radius 1 is 1.38 bits per heavy atom. The fourth-order valence-corrected chi connectivity index (χ4v) is 3.75. The number of hydrogen-bond acceptors (Lipinski definition) is 3. The summed E-state index contributed by atoms with van der Waals surface area (Å²) in [5.41, 5.74) is 2.15. The molecular weight excluding hydrogens is 304 g/mol. The molecule has 3 nitrogen and oxygen atoms in total. The molecule has 2 unspecified atom stereocenters. The third-order valence-electron chi connectivity index (χ3n) is 3.78. The topological polar surface area (TPSA) is 41.1 Å². The second kappa shape index (κ2) is 6.08. The van der Waals surface area contributed by atoms with Crippen LogP contribution in [0.1, 0.15) is 35.7 Å². The largest absolute Gasteiger partial charge is 0.385 e. The quantitative estimate of drug-likeness (QED) is 0.890. The van der Waals surface area contributed by atoms with E-state index < -0.39 is 0 Å². The van der Waals surface area contributed by atoms with Crippen LogP contribution in [-0.4, -0.2) is 12.5 Å². The maximum absolute atomic E-state index is 12.6. The predicted molar refractivity (Wildman–Crippen MR) is 88.2 cm³/mol. The number of nitrogens with one attached hydrogen (secondary N) is 2. The highest BCUT2D eigenvalue weighted by molar-refractivity contribution is 7.16. The lowest BCUT2D eigenvalue weighted by atomic mass is 9.90. The fraction of sp³-hybridized carbons (Fsp3) is 0.312. The zero-order valence-electron chi connectivity index (χ0n) is 11.7. The van der Waals surface area contributed by atoms with Crippen molar-refractivity contribution < 1.29 is 4.79 Å². The first-order valence-electron chi connectivity index (χ1n) is 7.03. The van der Waals surface area contributed by atoms with Crippen molar-refractivity contribution in [1.29, 1.82) is 0 Å². The van der Waals surface area contributed by atoms with E-state index in [9.17, 15) is 4.79 Å². The zero-order chi connectivity index (χ0) is 14.8. The van der Waals surface area contributed by atoms with Gasteiger partial charge < -0.3 is 10.6 Å². The fourth-order valence-electron chi connectivity index (χ4n) is 2.69. The summed E-state index contributed by atoms with van der Waals surface area (Å²) < 4.78 is 0.748. The van der Waals surface area contributed by atoms with E-state index in [0.29, 0.717) is 0 Å². The molecule has 0 aliphatic carbocycles. The zero-order valence-corrected chi connectivity index (χ0v) is 13.3. The number of fused-ring (bicyclic) bond motifs is 1. The Labute approximate surface area is 133 Å². The second-order valence-corrected chi connectivity index (χ2v) is 6.97. The molecule has 0 saturated heterocycles. The highest BCUT2D eigenvalue weighted by Gasteiger charge is 2.27. The first-order valence-corrected chi connectivity index (χ1v) is 8.23. The molecule has 0 bridgehead atoms. The van der Waals surface area contributed by atoms with Crippen molar-refractivity contribution in [3.05, 3.63) is 51.2 Å².